The van der Waals surface area contributed by atoms with E-state index in [4.69, 9.17) is 4.74 Å². The Kier molecular flexibility index (Phi) is 7.29. The number of aromatic hydroxyl groups is 1. The molecule has 0 bridgehead atoms. The third kappa shape index (κ3) is 5.13. The molecule has 0 spiro atoms. The van der Waals surface area contributed by atoms with E-state index in [1.54, 1.807) is 30.3 Å². The maximum Gasteiger partial charge on any atom is 0.266 e. The summed E-state index contributed by atoms with van der Waals surface area (Å²) in [4.78, 5) is 30.2. The number of amides is 1. The number of aromatic nitrogens is 2. The van der Waals surface area contributed by atoms with Crippen molar-refractivity contribution < 1.29 is 14.6 Å². The smallest absolute Gasteiger partial charge is 0.266 e. The molecule has 0 aliphatic rings. The van der Waals surface area contributed by atoms with Crippen LogP contribution in [-0.2, 0) is 4.79 Å². The highest BCUT2D eigenvalue weighted by Gasteiger charge is 2.14. The normalized spacial score (nSPS) is 11.1. The first-order chi connectivity index (χ1) is 16.5. The third-order valence-corrected chi connectivity index (χ3v) is 6.31. The number of hydrazone groups is 1. The van der Waals surface area contributed by atoms with Gasteiger partial charge in [-0.3, -0.25) is 14.2 Å². The molecule has 0 saturated heterocycles. The number of carbonyl (C=O) groups excluding carboxylic acids is 1. The Labute approximate surface area is 207 Å². The van der Waals surface area contributed by atoms with Crippen LogP contribution < -0.4 is 15.7 Å². The summed E-state index contributed by atoms with van der Waals surface area (Å²) in [7, 11) is 1.44. The molecule has 1 aromatic heterocycles. The number of thioether (sulfide) groups is 1. The summed E-state index contributed by atoms with van der Waals surface area (Å²) in [6.07, 6.45) is 1.43. The molecule has 0 aliphatic carbocycles. The van der Waals surface area contributed by atoms with Gasteiger partial charge in [0, 0.05) is 0 Å². The molecule has 10 heteroatoms. The molecule has 0 fully saturated rings. The minimum absolute atomic E-state index is 0.00243. The fraction of sp³-hybridized carbons (Fsp3) is 0.0833. The number of phenols is 1. The van der Waals surface area contributed by atoms with Crippen LogP contribution in [0, 0.1) is 0 Å². The van der Waals surface area contributed by atoms with Gasteiger partial charge >= 0.3 is 0 Å². The van der Waals surface area contributed by atoms with E-state index < -0.39 is 0 Å². The average Bonchev–Trinajstić information content (AvgIpc) is 2.85. The first kappa shape index (κ1) is 23.5. The van der Waals surface area contributed by atoms with Crippen LogP contribution in [0.4, 0.5) is 0 Å². The second kappa shape index (κ2) is 10.5. The number of fused-ring (bicyclic) bond motifs is 1. The van der Waals surface area contributed by atoms with Crippen molar-refractivity contribution in [2.45, 2.75) is 5.16 Å². The lowest BCUT2D eigenvalue weighted by molar-refractivity contribution is -0.118. The summed E-state index contributed by atoms with van der Waals surface area (Å²) in [6.45, 7) is 0. The molecule has 8 nitrogen and oxygen atoms in total. The van der Waals surface area contributed by atoms with E-state index in [-0.39, 0.29) is 28.7 Å². The van der Waals surface area contributed by atoms with Gasteiger partial charge in [-0.2, -0.15) is 5.10 Å². The Bertz CT molecular complexity index is 1440. The van der Waals surface area contributed by atoms with E-state index in [1.165, 1.54) is 17.9 Å². The van der Waals surface area contributed by atoms with E-state index in [2.05, 4.69) is 31.4 Å². The lowest BCUT2D eigenvalue weighted by Gasteiger charge is -2.12. The van der Waals surface area contributed by atoms with Gasteiger partial charge in [0.1, 0.15) is 0 Å². The highest BCUT2D eigenvalue weighted by Crippen LogP contribution is 2.34. The zero-order valence-corrected chi connectivity index (χ0v) is 20.3. The summed E-state index contributed by atoms with van der Waals surface area (Å²) in [6, 6.07) is 19.5. The minimum atomic E-state index is -0.368. The van der Waals surface area contributed by atoms with Crippen molar-refractivity contribution >= 4 is 50.7 Å². The Morgan fingerprint density at radius 1 is 1.21 bits per heavy atom. The molecule has 4 rings (SSSR count). The van der Waals surface area contributed by atoms with Crippen molar-refractivity contribution in [2.75, 3.05) is 12.9 Å². The second-order valence-electron chi connectivity index (χ2n) is 7.02. The van der Waals surface area contributed by atoms with Crippen LogP contribution in [0.3, 0.4) is 0 Å². The summed E-state index contributed by atoms with van der Waals surface area (Å²) in [5.74, 6) is -0.114. The molecule has 2 N–H and O–H groups in total. The molecule has 0 unspecified atom stereocenters. The molecule has 1 heterocycles. The first-order valence-electron chi connectivity index (χ1n) is 10.1. The van der Waals surface area contributed by atoms with Crippen molar-refractivity contribution in [3.63, 3.8) is 0 Å². The van der Waals surface area contributed by atoms with Crippen molar-refractivity contribution in [3.8, 4) is 17.2 Å². The van der Waals surface area contributed by atoms with Gasteiger partial charge in [-0.05, 0) is 57.9 Å². The quantitative estimate of drug-likeness (QED) is 0.159. The summed E-state index contributed by atoms with van der Waals surface area (Å²) >= 11 is 4.38. The van der Waals surface area contributed by atoms with Gasteiger partial charge in [-0.15, -0.1) is 0 Å². The minimum Gasteiger partial charge on any atom is -0.503 e. The van der Waals surface area contributed by atoms with Crippen molar-refractivity contribution in [1.82, 2.24) is 15.0 Å². The van der Waals surface area contributed by atoms with Gasteiger partial charge < -0.3 is 9.84 Å². The number of halogens is 1. The largest absolute Gasteiger partial charge is 0.503 e. The van der Waals surface area contributed by atoms with Gasteiger partial charge in [0.05, 0.1) is 40.1 Å². The number of para-hydroxylation sites is 2. The van der Waals surface area contributed by atoms with Gasteiger partial charge in [-0.25, -0.2) is 10.4 Å². The highest BCUT2D eigenvalue weighted by atomic mass is 79.9. The number of benzene rings is 3. The van der Waals surface area contributed by atoms with Crippen molar-refractivity contribution in [3.05, 3.63) is 87.1 Å². The Morgan fingerprint density at radius 2 is 1.94 bits per heavy atom. The topological polar surface area (TPSA) is 106 Å². The SMILES string of the molecule is COc1cc(C=NNC(=O)CSc2nc3ccccc3c(=O)n2-c2ccccc2)cc(Br)c1O. The lowest BCUT2D eigenvalue weighted by atomic mass is 10.2. The zero-order valence-electron chi connectivity index (χ0n) is 17.9. The lowest BCUT2D eigenvalue weighted by Crippen LogP contribution is -2.24. The number of carbonyl (C=O) groups is 1. The van der Waals surface area contributed by atoms with Crippen LogP contribution in [0.2, 0.25) is 0 Å². The number of hydrogen-bond donors (Lipinski definition) is 2. The summed E-state index contributed by atoms with van der Waals surface area (Å²) < 4.78 is 7.05. The van der Waals surface area contributed by atoms with Crippen LogP contribution in [-0.4, -0.2) is 39.6 Å². The number of rotatable bonds is 7. The van der Waals surface area contributed by atoms with Crippen LogP contribution in [0.25, 0.3) is 16.6 Å². The maximum atomic E-state index is 13.2. The van der Waals surface area contributed by atoms with E-state index >= 15 is 0 Å². The molecule has 0 radical (unpaired) electrons. The molecule has 3 aromatic carbocycles. The molecule has 172 valence electrons. The van der Waals surface area contributed by atoms with Crippen molar-refractivity contribution in [1.29, 1.82) is 0 Å². The van der Waals surface area contributed by atoms with Gasteiger partial charge in [0.15, 0.2) is 16.7 Å². The van der Waals surface area contributed by atoms with Gasteiger partial charge in [-0.1, -0.05) is 42.1 Å². The molecule has 0 saturated carbocycles. The number of ether oxygens (including phenoxy) is 1. The number of nitrogens with zero attached hydrogens (tertiary/aromatic N) is 3. The predicted molar refractivity (Wildman–Crippen MR) is 136 cm³/mol. The molecule has 0 atom stereocenters. The first-order valence-corrected chi connectivity index (χ1v) is 11.8. The predicted octanol–water partition coefficient (Wildman–Crippen LogP) is 4.10. The number of phenolic OH excluding ortho intramolecular Hbond substituents is 1. The standard InChI is InChI=1S/C24H19BrN4O4S/c1-33-20-12-15(11-18(25)22(20)31)13-26-28-21(30)14-34-24-27-19-10-6-5-9-17(19)23(32)29(24)16-7-3-2-4-8-16/h2-13,31H,14H2,1H3,(H,28,30). The number of nitrogens with one attached hydrogen (secondary N) is 1. The Balaban J connectivity index is 1.52. The summed E-state index contributed by atoms with van der Waals surface area (Å²) in [5.41, 5.74) is 4.10. The molecule has 0 aliphatic heterocycles. The average molecular weight is 539 g/mol. The Hall–Kier alpha value is -3.63. The fourth-order valence-corrected chi connectivity index (χ4v) is 4.44. The highest BCUT2D eigenvalue weighted by molar-refractivity contribution is 9.10. The Morgan fingerprint density at radius 3 is 2.71 bits per heavy atom. The van der Waals surface area contributed by atoms with Crippen LogP contribution in [0.1, 0.15) is 5.56 Å². The number of methoxy groups -OCH3 is 1. The van der Waals surface area contributed by atoms with Crippen LogP contribution in [0.15, 0.2) is 86.3 Å². The molecule has 4 aromatic rings. The van der Waals surface area contributed by atoms with Gasteiger partial charge in [0.2, 0.25) is 0 Å². The fourth-order valence-electron chi connectivity index (χ4n) is 3.18. The van der Waals surface area contributed by atoms with Crippen molar-refractivity contribution in [2.24, 2.45) is 5.10 Å². The summed E-state index contributed by atoms with van der Waals surface area (Å²) in [5, 5.41) is 14.8. The molecule has 34 heavy (non-hydrogen) atoms. The van der Waals surface area contributed by atoms with Crippen LogP contribution >= 0.6 is 27.7 Å². The van der Waals surface area contributed by atoms with E-state index in [9.17, 15) is 14.7 Å². The van der Waals surface area contributed by atoms with E-state index in [0.29, 0.717) is 31.8 Å². The van der Waals surface area contributed by atoms with E-state index in [1.807, 2.05) is 36.4 Å². The van der Waals surface area contributed by atoms with Crippen LogP contribution in [0.5, 0.6) is 11.5 Å². The maximum absolute atomic E-state index is 13.2. The third-order valence-electron chi connectivity index (χ3n) is 4.77. The molecule has 1 amide bonds. The monoisotopic (exact) mass is 538 g/mol. The zero-order chi connectivity index (χ0) is 24.1. The number of hydrogen-bond acceptors (Lipinski definition) is 7. The van der Waals surface area contributed by atoms with Gasteiger partial charge in [0.25, 0.3) is 11.5 Å². The molecular weight excluding hydrogens is 520 g/mol. The second-order valence-corrected chi connectivity index (χ2v) is 8.82. The van der Waals surface area contributed by atoms with E-state index in [0.717, 1.165) is 11.8 Å². The molecular formula is C24H19BrN4O4S.